The van der Waals surface area contributed by atoms with Crippen molar-refractivity contribution in [2.24, 2.45) is 0 Å². The second-order valence-corrected chi connectivity index (χ2v) is 11.0. The molecular weight excluding hydrogens is 553 g/mol. The third kappa shape index (κ3) is 6.91. The minimum absolute atomic E-state index is 0.119. The van der Waals surface area contributed by atoms with E-state index in [0.29, 0.717) is 31.6 Å². The van der Waals surface area contributed by atoms with Crippen LogP contribution in [0.5, 0.6) is 0 Å². The summed E-state index contributed by atoms with van der Waals surface area (Å²) in [4.78, 5) is 2.38. The van der Waals surface area contributed by atoms with Crippen molar-refractivity contribution in [2.45, 2.75) is 81.6 Å². The van der Waals surface area contributed by atoms with Gasteiger partial charge in [-0.2, -0.15) is 26.3 Å². The number of nitrogens with zero attached hydrogens (tertiary/aromatic N) is 4. The van der Waals surface area contributed by atoms with Gasteiger partial charge in [0.25, 0.3) is 0 Å². The molecule has 1 saturated carbocycles. The van der Waals surface area contributed by atoms with E-state index in [4.69, 9.17) is 4.74 Å². The Labute approximate surface area is 233 Å². The van der Waals surface area contributed by atoms with Gasteiger partial charge in [-0.25, -0.2) is 4.39 Å². The number of ether oxygens (including phenoxy) is 1. The van der Waals surface area contributed by atoms with Crippen LogP contribution in [0.3, 0.4) is 0 Å². The molecule has 0 N–H and O–H groups in total. The fraction of sp³-hybridized carbons (Fsp3) is 0.517. The van der Waals surface area contributed by atoms with Gasteiger partial charge in [-0.05, 0) is 80.5 Å². The smallest absolute Gasteiger partial charge is 0.370 e. The Morgan fingerprint density at radius 2 is 1.37 bits per heavy atom. The molecule has 2 aliphatic rings. The van der Waals surface area contributed by atoms with Crippen LogP contribution in [-0.2, 0) is 17.1 Å². The van der Waals surface area contributed by atoms with Gasteiger partial charge in [-0.15, -0.1) is 10.2 Å². The molecule has 12 heteroatoms. The second-order valence-electron chi connectivity index (χ2n) is 11.0. The summed E-state index contributed by atoms with van der Waals surface area (Å²) in [6, 6.07) is 8.24. The highest BCUT2D eigenvalue weighted by Crippen LogP contribution is 2.41. The standard InChI is InChI=1S/C29H31F7N4O/c1-18(20-12-21(28(31,32)33)14-22(13-20)29(34,35)36)41-27-10-11-39(15-26(27)19-2-4-23(30)5-3-19)24-6-8-25(9-7-24)40-16-37-38-17-40/h2-5,12-14,16-18,24-27H,6-11,15H2,1H3/t18-,24-,25-,26-,27+/m1/s1. The lowest BCUT2D eigenvalue weighted by atomic mass is 9.84. The third-order valence-corrected chi connectivity index (χ3v) is 8.38. The van der Waals surface area contributed by atoms with Crippen LogP contribution < -0.4 is 0 Å². The van der Waals surface area contributed by atoms with Gasteiger partial charge in [0.2, 0.25) is 0 Å². The summed E-state index contributed by atoms with van der Waals surface area (Å²) in [6.45, 7) is 2.73. The van der Waals surface area contributed by atoms with Crippen molar-refractivity contribution in [3.63, 3.8) is 0 Å². The van der Waals surface area contributed by atoms with Crippen molar-refractivity contribution in [2.75, 3.05) is 13.1 Å². The number of benzene rings is 2. The summed E-state index contributed by atoms with van der Waals surface area (Å²) in [6.07, 6.45) is -3.55. The van der Waals surface area contributed by atoms with Gasteiger partial charge in [0.1, 0.15) is 18.5 Å². The summed E-state index contributed by atoms with van der Waals surface area (Å²) >= 11 is 0. The molecule has 0 amide bonds. The molecule has 2 aromatic carbocycles. The highest BCUT2D eigenvalue weighted by Gasteiger charge is 2.39. The van der Waals surface area contributed by atoms with Crippen molar-refractivity contribution in [3.05, 3.63) is 83.2 Å². The van der Waals surface area contributed by atoms with Crippen molar-refractivity contribution < 1.29 is 35.5 Å². The fourth-order valence-corrected chi connectivity index (χ4v) is 6.15. The monoisotopic (exact) mass is 584 g/mol. The lowest BCUT2D eigenvalue weighted by Crippen LogP contribution is -2.48. The molecular formula is C29H31F7N4O. The highest BCUT2D eigenvalue weighted by molar-refractivity contribution is 5.35. The normalized spacial score (nSPS) is 25.3. The first-order chi connectivity index (χ1) is 19.4. The second kappa shape index (κ2) is 11.7. The molecule has 5 rings (SSSR count). The van der Waals surface area contributed by atoms with Gasteiger partial charge in [-0.1, -0.05) is 12.1 Å². The lowest BCUT2D eigenvalue weighted by Gasteiger charge is -2.45. The molecule has 5 nitrogen and oxygen atoms in total. The number of likely N-dealkylation sites (tertiary alicyclic amines) is 1. The number of piperidine rings is 1. The van der Waals surface area contributed by atoms with E-state index in [0.717, 1.165) is 43.4 Å². The van der Waals surface area contributed by atoms with Crippen LogP contribution in [0.15, 0.2) is 55.1 Å². The molecule has 1 aromatic heterocycles. The van der Waals surface area contributed by atoms with Crippen LogP contribution in [0.25, 0.3) is 0 Å². The van der Waals surface area contributed by atoms with Crippen LogP contribution in [0.2, 0.25) is 0 Å². The Balaban J connectivity index is 1.34. The molecule has 2 fully saturated rings. The Hall–Kier alpha value is -2.99. The summed E-state index contributed by atoms with van der Waals surface area (Å²) in [5.74, 6) is -0.640. The molecule has 2 heterocycles. The molecule has 1 saturated heterocycles. The Kier molecular flexibility index (Phi) is 8.43. The number of alkyl halides is 6. The van der Waals surface area contributed by atoms with E-state index in [2.05, 4.69) is 15.1 Å². The average Bonchev–Trinajstić information content (AvgIpc) is 3.48. The zero-order valence-electron chi connectivity index (χ0n) is 22.4. The van der Waals surface area contributed by atoms with E-state index in [-0.39, 0.29) is 17.5 Å². The van der Waals surface area contributed by atoms with E-state index in [1.807, 2.05) is 4.57 Å². The predicted molar refractivity (Wildman–Crippen MR) is 136 cm³/mol. The molecule has 222 valence electrons. The zero-order chi connectivity index (χ0) is 29.4. The lowest BCUT2D eigenvalue weighted by molar-refractivity contribution is -0.143. The van der Waals surface area contributed by atoms with E-state index >= 15 is 0 Å². The summed E-state index contributed by atoms with van der Waals surface area (Å²) < 4.78 is 103. The Morgan fingerprint density at radius 3 is 1.93 bits per heavy atom. The molecule has 1 aliphatic heterocycles. The topological polar surface area (TPSA) is 43.2 Å². The molecule has 41 heavy (non-hydrogen) atoms. The Bertz CT molecular complexity index is 1250. The first kappa shape index (κ1) is 29.5. The number of hydrogen-bond acceptors (Lipinski definition) is 4. The van der Waals surface area contributed by atoms with Crippen molar-refractivity contribution in [1.29, 1.82) is 0 Å². The largest absolute Gasteiger partial charge is 0.416 e. The van der Waals surface area contributed by atoms with Crippen LogP contribution in [0.4, 0.5) is 30.7 Å². The minimum Gasteiger partial charge on any atom is -0.370 e. The number of hydrogen-bond donors (Lipinski definition) is 0. The average molecular weight is 585 g/mol. The van der Waals surface area contributed by atoms with Crippen molar-refractivity contribution >= 4 is 0 Å². The number of halogens is 7. The minimum atomic E-state index is -4.94. The molecule has 0 bridgehead atoms. The van der Waals surface area contributed by atoms with Crippen LogP contribution in [0, 0.1) is 5.82 Å². The van der Waals surface area contributed by atoms with Crippen molar-refractivity contribution in [3.8, 4) is 0 Å². The molecule has 3 aromatic rings. The maximum absolute atomic E-state index is 13.7. The van der Waals surface area contributed by atoms with E-state index in [1.54, 1.807) is 24.8 Å². The molecule has 0 spiro atoms. The SMILES string of the molecule is C[C@@H](O[C@H]1CCN([C@H]2CC[C@H](n3cnnc3)CC2)C[C@@H]1c1ccc(F)cc1)c1cc(C(F)(F)F)cc(C(F)(F)F)c1. The van der Waals surface area contributed by atoms with Crippen LogP contribution >= 0.6 is 0 Å². The van der Waals surface area contributed by atoms with Gasteiger partial charge in [0.15, 0.2) is 0 Å². The van der Waals surface area contributed by atoms with Gasteiger partial charge >= 0.3 is 12.4 Å². The maximum Gasteiger partial charge on any atom is 0.416 e. The molecule has 1 aliphatic carbocycles. The maximum atomic E-state index is 13.7. The number of rotatable bonds is 6. The zero-order valence-corrected chi connectivity index (χ0v) is 22.4. The van der Waals surface area contributed by atoms with Gasteiger partial charge in [0, 0.05) is 31.1 Å². The fourth-order valence-electron chi connectivity index (χ4n) is 6.15. The molecule has 0 radical (unpaired) electrons. The van der Waals surface area contributed by atoms with Gasteiger partial charge in [-0.3, -0.25) is 4.90 Å². The molecule has 3 atom stereocenters. The summed E-state index contributed by atoms with van der Waals surface area (Å²) in [7, 11) is 0. The summed E-state index contributed by atoms with van der Waals surface area (Å²) in [5, 5.41) is 7.79. The van der Waals surface area contributed by atoms with Crippen LogP contribution in [-0.4, -0.2) is 44.9 Å². The van der Waals surface area contributed by atoms with E-state index in [9.17, 15) is 30.7 Å². The first-order valence-corrected chi connectivity index (χ1v) is 13.7. The Morgan fingerprint density at radius 1 is 0.805 bits per heavy atom. The number of aromatic nitrogens is 3. The third-order valence-electron chi connectivity index (χ3n) is 8.38. The van der Waals surface area contributed by atoms with Gasteiger partial charge < -0.3 is 9.30 Å². The first-order valence-electron chi connectivity index (χ1n) is 13.7. The van der Waals surface area contributed by atoms with E-state index in [1.165, 1.54) is 19.1 Å². The highest BCUT2D eigenvalue weighted by atomic mass is 19.4. The molecule has 0 unspecified atom stereocenters. The summed E-state index contributed by atoms with van der Waals surface area (Å²) in [5.41, 5.74) is -2.12. The van der Waals surface area contributed by atoms with Crippen molar-refractivity contribution in [1.82, 2.24) is 19.7 Å². The quantitative estimate of drug-likeness (QED) is 0.280. The van der Waals surface area contributed by atoms with Gasteiger partial charge in [0.05, 0.1) is 23.3 Å². The van der Waals surface area contributed by atoms with Crippen LogP contribution in [0.1, 0.15) is 79.3 Å². The van der Waals surface area contributed by atoms with E-state index < -0.39 is 41.5 Å². The predicted octanol–water partition coefficient (Wildman–Crippen LogP) is 7.57.